The standard InChI is InChI=1S/C17H16FN7O/c1-23-10-13(9-20-23)5-6-15-3-2-4-16(22-15)24-12-21-25(17(24)26)11-14(7-18)8-19/h2-4,7,9-10,12H,8,11,19H2,1H3/b14-7+. The van der Waals surface area contributed by atoms with Gasteiger partial charge in [-0.05, 0) is 23.6 Å². The topological polar surface area (TPSA) is 96.6 Å². The van der Waals surface area contributed by atoms with Crippen molar-refractivity contribution in [3.05, 3.63) is 70.6 Å². The third-order valence-electron chi connectivity index (χ3n) is 3.52. The van der Waals surface area contributed by atoms with Crippen LogP contribution in [-0.2, 0) is 13.6 Å². The molecular weight excluding hydrogens is 337 g/mol. The van der Waals surface area contributed by atoms with Gasteiger partial charge in [0.25, 0.3) is 0 Å². The van der Waals surface area contributed by atoms with Crippen LogP contribution in [0.2, 0.25) is 0 Å². The maximum atomic E-state index is 12.7. The molecule has 0 aliphatic carbocycles. The molecule has 0 atom stereocenters. The first kappa shape index (κ1) is 17.3. The minimum atomic E-state index is -0.442. The highest BCUT2D eigenvalue weighted by Gasteiger charge is 2.09. The monoisotopic (exact) mass is 353 g/mol. The lowest BCUT2D eigenvalue weighted by atomic mass is 10.3. The Morgan fingerprint density at radius 2 is 2.19 bits per heavy atom. The van der Waals surface area contributed by atoms with Crippen molar-refractivity contribution < 1.29 is 4.39 Å². The molecule has 3 rings (SSSR count). The molecule has 9 heteroatoms. The molecule has 0 aliphatic rings. The van der Waals surface area contributed by atoms with Crippen molar-refractivity contribution in [1.29, 1.82) is 0 Å². The van der Waals surface area contributed by atoms with Crippen LogP contribution in [0.15, 0.2) is 53.6 Å². The van der Waals surface area contributed by atoms with Gasteiger partial charge in [-0.25, -0.2) is 23.4 Å². The number of hydrogen-bond acceptors (Lipinski definition) is 5. The summed E-state index contributed by atoms with van der Waals surface area (Å²) in [5, 5.41) is 8.01. The van der Waals surface area contributed by atoms with Crippen LogP contribution in [-0.4, -0.2) is 35.7 Å². The van der Waals surface area contributed by atoms with E-state index in [1.165, 1.54) is 10.9 Å². The second kappa shape index (κ2) is 7.58. The average molecular weight is 353 g/mol. The van der Waals surface area contributed by atoms with Gasteiger partial charge < -0.3 is 5.73 Å². The number of nitrogens with zero attached hydrogens (tertiary/aromatic N) is 6. The van der Waals surface area contributed by atoms with Gasteiger partial charge in [-0.1, -0.05) is 12.0 Å². The first-order chi connectivity index (χ1) is 12.6. The summed E-state index contributed by atoms with van der Waals surface area (Å²) in [6.45, 7) is -0.00714. The van der Waals surface area contributed by atoms with Crippen molar-refractivity contribution in [2.24, 2.45) is 12.8 Å². The van der Waals surface area contributed by atoms with Gasteiger partial charge in [-0.2, -0.15) is 10.2 Å². The number of rotatable bonds is 4. The summed E-state index contributed by atoms with van der Waals surface area (Å²) in [6.07, 6.45) is 5.16. The zero-order valence-corrected chi connectivity index (χ0v) is 14.0. The predicted molar refractivity (Wildman–Crippen MR) is 93.1 cm³/mol. The van der Waals surface area contributed by atoms with Gasteiger partial charge in [0, 0.05) is 19.8 Å². The van der Waals surface area contributed by atoms with Gasteiger partial charge in [-0.3, -0.25) is 4.68 Å². The summed E-state index contributed by atoms with van der Waals surface area (Å²) in [5.41, 5.74) is 6.49. The van der Waals surface area contributed by atoms with E-state index in [2.05, 4.69) is 27.0 Å². The molecule has 0 fully saturated rings. The van der Waals surface area contributed by atoms with E-state index in [1.807, 2.05) is 7.05 Å². The molecular formula is C17H16FN7O. The molecule has 0 spiro atoms. The Kier molecular flexibility index (Phi) is 5.05. The van der Waals surface area contributed by atoms with E-state index < -0.39 is 5.69 Å². The van der Waals surface area contributed by atoms with Crippen LogP contribution in [0, 0.1) is 11.8 Å². The van der Waals surface area contributed by atoms with Crippen molar-refractivity contribution in [1.82, 2.24) is 29.1 Å². The number of halogens is 1. The first-order valence-electron chi connectivity index (χ1n) is 7.71. The van der Waals surface area contributed by atoms with Crippen molar-refractivity contribution in [2.45, 2.75) is 6.54 Å². The van der Waals surface area contributed by atoms with Crippen LogP contribution in [0.5, 0.6) is 0 Å². The number of pyridine rings is 1. The Balaban J connectivity index is 1.88. The second-order valence-corrected chi connectivity index (χ2v) is 5.45. The number of aryl methyl sites for hydroxylation is 1. The third-order valence-corrected chi connectivity index (χ3v) is 3.52. The van der Waals surface area contributed by atoms with Crippen molar-refractivity contribution in [3.8, 4) is 17.7 Å². The summed E-state index contributed by atoms with van der Waals surface area (Å²) in [6, 6.07) is 5.14. The highest BCUT2D eigenvalue weighted by Crippen LogP contribution is 2.04. The summed E-state index contributed by atoms with van der Waals surface area (Å²) in [7, 11) is 1.81. The number of nitrogens with two attached hydrogens (primary N) is 1. The second-order valence-electron chi connectivity index (χ2n) is 5.45. The van der Waals surface area contributed by atoms with Crippen LogP contribution in [0.3, 0.4) is 0 Å². The summed E-state index contributed by atoms with van der Waals surface area (Å²) < 4.78 is 16.7. The third kappa shape index (κ3) is 3.76. The van der Waals surface area contributed by atoms with Gasteiger partial charge >= 0.3 is 5.69 Å². The summed E-state index contributed by atoms with van der Waals surface area (Å²) >= 11 is 0. The molecule has 3 aromatic rings. The minimum absolute atomic E-state index is 0.00741. The molecule has 0 radical (unpaired) electrons. The van der Waals surface area contributed by atoms with Crippen LogP contribution >= 0.6 is 0 Å². The molecule has 0 saturated carbocycles. The Labute approximate surface area is 148 Å². The maximum Gasteiger partial charge on any atom is 0.351 e. The highest BCUT2D eigenvalue weighted by molar-refractivity contribution is 5.39. The molecule has 0 bridgehead atoms. The van der Waals surface area contributed by atoms with Gasteiger partial charge in [-0.15, -0.1) is 0 Å². The smallest absolute Gasteiger partial charge is 0.327 e. The lowest BCUT2D eigenvalue weighted by Gasteiger charge is -2.02. The summed E-state index contributed by atoms with van der Waals surface area (Å²) in [4.78, 5) is 16.8. The number of hydrogen-bond donors (Lipinski definition) is 1. The lowest BCUT2D eigenvalue weighted by molar-refractivity contribution is 0.612. The molecule has 132 valence electrons. The summed E-state index contributed by atoms with van der Waals surface area (Å²) in [5.74, 6) is 6.26. The van der Waals surface area contributed by atoms with E-state index in [-0.39, 0.29) is 18.7 Å². The van der Waals surface area contributed by atoms with Crippen molar-refractivity contribution in [3.63, 3.8) is 0 Å². The van der Waals surface area contributed by atoms with Gasteiger partial charge in [0.05, 0.1) is 24.6 Å². The zero-order chi connectivity index (χ0) is 18.5. The number of aromatic nitrogens is 6. The fourth-order valence-electron chi connectivity index (χ4n) is 2.19. The van der Waals surface area contributed by atoms with Crippen LogP contribution in [0.25, 0.3) is 5.82 Å². The van der Waals surface area contributed by atoms with Crippen molar-refractivity contribution in [2.75, 3.05) is 6.54 Å². The molecule has 3 heterocycles. The van der Waals surface area contributed by atoms with E-state index in [0.717, 1.165) is 10.2 Å². The fourth-order valence-corrected chi connectivity index (χ4v) is 2.19. The van der Waals surface area contributed by atoms with E-state index in [1.54, 1.807) is 35.3 Å². The maximum absolute atomic E-state index is 12.7. The molecule has 26 heavy (non-hydrogen) atoms. The average Bonchev–Trinajstić information content (AvgIpc) is 3.24. The Morgan fingerprint density at radius 1 is 1.35 bits per heavy atom. The highest BCUT2D eigenvalue weighted by atomic mass is 19.1. The van der Waals surface area contributed by atoms with E-state index >= 15 is 0 Å². The fraction of sp³-hybridized carbons (Fsp3) is 0.176. The van der Waals surface area contributed by atoms with Gasteiger partial charge in [0.15, 0.2) is 0 Å². The van der Waals surface area contributed by atoms with Gasteiger partial charge in [0.1, 0.15) is 17.8 Å². The molecule has 0 aliphatic heterocycles. The molecule has 3 aromatic heterocycles. The van der Waals surface area contributed by atoms with E-state index in [4.69, 9.17) is 5.73 Å². The molecule has 8 nitrogen and oxygen atoms in total. The van der Waals surface area contributed by atoms with Crippen molar-refractivity contribution >= 4 is 0 Å². The quantitative estimate of drug-likeness (QED) is 0.684. The molecule has 0 amide bonds. The Hall–Kier alpha value is -3.51. The molecule has 0 unspecified atom stereocenters. The first-order valence-corrected chi connectivity index (χ1v) is 7.71. The lowest BCUT2D eigenvalue weighted by Crippen LogP contribution is -2.26. The van der Waals surface area contributed by atoms with Crippen LogP contribution in [0.1, 0.15) is 11.3 Å². The molecule has 0 saturated heterocycles. The van der Waals surface area contributed by atoms with Gasteiger partial charge in [0.2, 0.25) is 0 Å². The van der Waals surface area contributed by atoms with Crippen LogP contribution < -0.4 is 11.4 Å². The Morgan fingerprint density at radius 3 is 2.88 bits per heavy atom. The zero-order valence-electron chi connectivity index (χ0n) is 14.0. The predicted octanol–water partition coefficient (Wildman–Crippen LogP) is 0.374. The van der Waals surface area contributed by atoms with E-state index in [0.29, 0.717) is 17.8 Å². The normalized spacial score (nSPS) is 11.3. The SMILES string of the molecule is Cn1cc(C#Cc2cccc(-n3cnn(C/C(=C/F)CN)c3=O)n2)cn1. The largest absolute Gasteiger partial charge is 0.351 e. The molecule has 0 aromatic carbocycles. The Bertz CT molecular complexity index is 1060. The van der Waals surface area contributed by atoms with Crippen LogP contribution in [0.4, 0.5) is 4.39 Å². The minimum Gasteiger partial charge on any atom is -0.327 e. The van der Waals surface area contributed by atoms with E-state index in [9.17, 15) is 9.18 Å². The molecule has 2 N–H and O–H groups in total.